The Morgan fingerprint density at radius 3 is 2.50 bits per heavy atom. The molecule has 0 spiro atoms. The number of hydrogen-bond donors (Lipinski definition) is 2. The lowest BCUT2D eigenvalue weighted by molar-refractivity contribution is -0.303. The third-order valence-corrected chi connectivity index (χ3v) is 4.83. The molecule has 1 saturated carbocycles. The van der Waals surface area contributed by atoms with Crippen LogP contribution in [-0.4, -0.2) is 38.1 Å². The Hall–Kier alpha value is -2.00. The van der Waals surface area contributed by atoms with E-state index in [1.165, 1.54) is 6.20 Å². The van der Waals surface area contributed by atoms with Gasteiger partial charge in [-0.3, -0.25) is 4.79 Å². The second-order valence-corrected chi connectivity index (χ2v) is 6.56. The number of carbonyl (C=O) groups excluding carboxylic acids is 1. The van der Waals surface area contributed by atoms with Crippen molar-refractivity contribution in [2.75, 3.05) is 6.54 Å². The largest absolute Gasteiger partial charge is 0.417 e. The number of benzene rings is 1. The number of aliphatic hydroxyl groups is 1. The fourth-order valence-electron chi connectivity index (χ4n) is 3.10. The number of alkyl halides is 3. The van der Waals surface area contributed by atoms with Crippen LogP contribution in [0.1, 0.15) is 28.9 Å². The first-order chi connectivity index (χ1) is 11.3. The number of nitrogens with one attached hydrogen (secondary N) is 1. The van der Waals surface area contributed by atoms with Crippen molar-refractivity contribution in [2.45, 2.75) is 30.0 Å². The zero-order valence-corrected chi connectivity index (χ0v) is 13.2. The second kappa shape index (κ2) is 5.82. The summed E-state index contributed by atoms with van der Waals surface area (Å²) in [7, 11) is 0. The van der Waals surface area contributed by atoms with E-state index in [2.05, 4.69) is 14.1 Å². The van der Waals surface area contributed by atoms with Crippen molar-refractivity contribution in [1.29, 1.82) is 0 Å². The first-order valence-electron chi connectivity index (χ1n) is 7.16. The van der Waals surface area contributed by atoms with Gasteiger partial charge >= 0.3 is 6.18 Å². The van der Waals surface area contributed by atoms with Crippen LogP contribution in [0.15, 0.2) is 36.5 Å². The minimum atomic E-state index is -4.70. The van der Waals surface area contributed by atoms with Crippen molar-refractivity contribution in [3.05, 3.63) is 47.8 Å². The quantitative estimate of drug-likeness (QED) is 0.880. The van der Waals surface area contributed by atoms with E-state index < -0.39 is 35.9 Å². The van der Waals surface area contributed by atoms with Gasteiger partial charge < -0.3 is 10.4 Å². The van der Waals surface area contributed by atoms with Crippen LogP contribution in [-0.2, 0) is 5.41 Å². The number of aromatic nitrogens is 2. The highest BCUT2D eigenvalue weighted by Crippen LogP contribution is 2.56. The van der Waals surface area contributed by atoms with Gasteiger partial charge in [0.25, 0.3) is 5.91 Å². The summed E-state index contributed by atoms with van der Waals surface area (Å²) in [6, 6.07) is 8.59. The highest BCUT2D eigenvalue weighted by molar-refractivity contribution is 6.99. The Balaban J connectivity index is 1.79. The van der Waals surface area contributed by atoms with Crippen molar-refractivity contribution < 1.29 is 23.1 Å². The monoisotopic (exact) mass is 357 g/mol. The zero-order chi connectivity index (χ0) is 17.4. The smallest absolute Gasteiger partial charge is 0.380 e. The second-order valence-electron chi connectivity index (χ2n) is 6.00. The molecule has 1 amide bonds. The molecule has 9 heteroatoms. The molecule has 2 N–H and O–H groups in total. The van der Waals surface area contributed by atoms with Gasteiger partial charge in [0.15, 0.2) is 11.3 Å². The topological polar surface area (TPSA) is 75.1 Å². The van der Waals surface area contributed by atoms with Crippen LogP contribution in [0.3, 0.4) is 0 Å². The minimum absolute atomic E-state index is 0.0221. The summed E-state index contributed by atoms with van der Waals surface area (Å²) in [6.07, 6.45) is -4.40. The van der Waals surface area contributed by atoms with Crippen LogP contribution in [0.4, 0.5) is 13.2 Å². The van der Waals surface area contributed by atoms with Crippen molar-refractivity contribution >= 4 is 17.6 Å². The first-order valence-corrected chi connectivity index (χ1v) is 7.89. The lowest BCUT2D eigenvalue weighted by Gasteiger charge is -2.54. The number of carbonyl (C=O) groups is 1. The van der Waals surface area contributed by atoms with Crippen LogP contribution >= 0.6 is 11.7 Å². The maximum Gasteiger partial charge on any atom is 0.417 e. The Labute approximate surface area is 139 Å². The van der Waals surface area contributed by atoms with E-state index in [-0.39, 0.29) is 12.2 Å². The van der Waals surface area contributed by atoms with Crippen molar-refractivity contribution in [3.8, 4) is 0 Å². The predicted molar refractivity (Wildman–Crippen MR) is 80.6 cm³/mol. The molecule has 2 aromatic rings. The Morgan fingerprint density at radius 1 is 1.29 bits per heavy atom. The molecule has 1 aromatic carbocycles. The lowest BCUT2D eigenvalue weighted by atomic mass is 9.55. The fraction of sp³-hybridized carbons (Fsp3) is 0.400. The van der Waals surface area contributed by atoms with E-state index in [1.807, 2.05) is 0 Å². The van der Waals surface area contributed by atoms with E-state index in [4.69, 9.17) is 0 Å². The van der Waals surface area contributed by atoms with E-state index in [0.717, 1.165) is 11.7 Å². The number of hydrogen-bond acceptors (Lipinski definition) is 5. The number of amides is 1. The molecule has 0 saturated heterocycles. The molecular weight excluding hydrogens is 343 g/mol. The van der Waals surface area contributed by atoms with Crippen LogP contribution < -0.4 is 5.32 Å². The van der Waals surface area contributed by atoms with Gasteiger partial charge in [0.2, 0.25) is 0 Å². The molecule has 5 nitrogen and oxygen atoms in total. The van der Waals surface area contributed by atoms with Gasteiger partial charge in [-0.25, -0.2) is 0 Å². The molecule has 0 aliphatic heterocycles. The number of rotatable bonds is 4. The third-order valence-electron chi connectivity index (χ3n) is 4.36. The van der Waals surface area contributed by atoms with Crippen LogP contribution in [0.5, 0.6) is 0 Å². The van der Waals surface area contributed by atoms with Gasteiger partial charge in [0, 0.05) is 12.0 Å². The SMILES string of the molecule is O=C(NCC1(c2ccccc2)CC(O)(C(F)(F)F)C1)c1cnsn1. The van der Waals surface area contributed by atoms with E-state index >= 15 is 0 Å². The summed E-state index contributed by atoms with van der Waals surface area (Å²) in [6.45, 7) is -0.0221. The first kappa shape index (κ1) is 16.8. The summed E-state index contributed by atoms with van der Waals surface area (Å²) < 4.78 is 46.5. The number of nitrogens with zero attached hydrogens (tertiary/aromatic N) is 2. The molecule has 1 fully saturated rings. The molecule has 128 valence electrons. The van der Waals surface area contributed by atoms with Gasteiger partial charge in [0.05, 0.1) is 17.9 Å². The molecular formula is C15H14F3N3O2S. The van der Waals surface area contributed by atoms with Crippen molar-refractivity contribution in [2.24, 2.45) is 0 Å². The van der Waals surface area contributed by atoms with Gasteiger partial charge in [-0.15, -0.1) is 0 Å². The number of halogens is 3. The fourth-order valence-corrected chi connectivity index (χ4v) is 3.51. The van der Waals surface area contributed by atoms with E-state index in [1.54, 1.807) is 30.3 Å². The van der Waals surface area contributed by atoms with Crippen LogP contribution in [0, 0.1) is 0 Å². The van der Waals surface area contributed by atoms with Crippen LogP contribution in [0.25, 0.3) is 0 Å². The Kier molecular flexibility index (Phi) is 4.08. The highest BCUT2D eigenvalue weighted by atomic mass is 32.1. The lowest BCUT2D eigenvalue weighted by Crippen LogP contribution is -2.65. The summed E-state index contributed by atoms with van der Waals surface area (Å²) in [5.41, 5.74) is -2.93. The Bertz CT molecular complexity index is 713. The molecule has 0 radical (unpaired) electrons. The molecule has 3 rings (SSSR count). The average Bonchev–Trinajstić information content (AvgIpc) is 3.04. The normalized spacial score (nSPS) is 26.7. The minimum Gasteiger partial charge on any atom is -0.380 e. The maximum absolute atomic E-state index is 13.0. The average molecular weight is 357 g/mol. The van der Waals surface area contributed by atoms with Crippen molar-refractivity contribution in [3.63, 3.8) is 0 Å². The van der Waals surface area contributed by atoms with Gasteiger partial charge in [-0.1, -0.05) is 30.3 Å². The third kappa shape index (κ3) is 2.89. The van der Waals surface area contributed by atoms with Gasteiger partial charge in [0.1, 0.15) is 0 Å². The zero-order valence-electron chi connectivity index (χ0n) is 12.4. The molecule has 1 aliphatic carbocycles. The predicted octanol–water partition coefficient (Wildman–Crippen LogP) is 2.29. The van der Waals surface area contributed by atoms with Gasteiger partial charge in [-0.05, 0) is 18.4 Å². The maximum atomic E-state index is 13.0. The molecule has 0 atom stereocenters. The summed E-state index contributed by atoms with van der Waals surface area (Å²) >= 11 is 0.871. The molecule has 0 unspecified atom stereocenters. The van der Waals surface area contributed by atoms with E-state index in [9.17, 15) is 23.1 Å². The molecule has 1 aliphatic rings. The highest BCUT2D eigenvalue weighted by Gasteiger charge is 2.67. The molecule has 1 heterocycles. The van der Waals surface area contributed by atoms with Crippen LogP contribution in [0.2, 0.25) is 0 Å². The summed E-state index contributed by atoms with van der Waals surface area (Å²) in [5.74, 6) is -0.499. The molecule has 24 heavy (non-hydrogen) atoms. The van der Waals surface area contributed by atoms with Crippen molar-refractivity contribution in [1.82, 2.24) is 14.1 Å². The Morgan fingerprint density at radius 2 is 1.96 bits per heavy atom. The van der Waals surface area contributed by atoms with E-state index in [0.29, 0.717) is 5.56 Å². The standard InChI is InChI=1S/C15H14F3N3O2S/c16-15(17,18)14(23)7-13(8-14,10-4-2-1-3-5-10)9-19-12(22)11-6-20-24-21-11/h1-6,23H,7-9H2,(H,19,22). The van der Waals surface area contributed by atoms with Gasteiger partial charge in [-0.2, -0.15) is 21.9 Å². The summed E-state index contributed by atoms with van der Waals surface area (Å²) in [4.78, 5) is 12.0. The summed E-state index contributed by atoms with van der Waals surface area (Å²) in [5, 5.41) is 12.4. The molecule has 1 aromatic heterocycles. The molecule has 0 bridgehead atoms.